The maximum atomic E-state index is 11.8. The summed E-state index contributed by atoms with van der Waals surface area (Å²) in [6.07, 6.45) is 4.71. The summed E-state index contributed by atoms with van der Waals surface area (Å²) < 4.78 is 7.52. The molecule has 0 aliphatic carbocycles. The number of carbonyl (C=O) groups excluding carboxylic acids is 1. The summed E-state index contributed by atoms with van der Waals surface area (Å²) in [4.78, 5) is 23.2. The third kappa shape index (κ3) is 1.87. The molecule has 0 spiro atoms. The van der Waals surface area contributed by atoms with Crippen LogP contribution in [0.25, 0.3) is 5.52 Å². The van der Waals surface area contributed by atoms with Gasteiger partial charge < -0.3 is 9.30 Å². The van der Waals surface area contributed by atoms with Crippen LogP contribution in [0.5, 0.6) is 0 Å². The summed E-state index contributed by atoms with van der Waals surface area (Å²) in [5, 5.41) is 3.93. The maximum Gasteiger partial charge on any atom is 0.276 e. The molecule has 84 valence electrons. The molecule has 0 saturated heterocycles. The molecule has 2 aromatic heterocycles. The summed E-state index contributed by atoms with van der Waals surface area (Å²) in [5.41, 5.74) is 0.220. The van der Waals surface area contributed by atoms with E-state index in [0.29, 0.717) is 5.52 Å². The lowest BCUT2D eigenvalue weighted by molar-refractivity contribution is -0.123. The molecule has 2 rings (SSSR count). The lowest BCUT2D eigenvalue weighted by atomic mass is 10.4. The van der Waals surface area contributed by atoms with Gasteiger partial charge in [-0.1, -0.05) is 0 Å². The Bertz CT molecular complexity index is 570. The summed E-state index contributed by atoms with van der Waals surface area (Å²) >= 11 is 0. The van der Waals surface area contributed by atoms with E-state index in [2.05, 4.69) is 5.10 Å². The second-order valence-corrected chi connectivity index (χ2v) is 3.36. The Morgan fingerprint density at radius 1 is 1.50 bits per heavy atom. The number of Topliss-reactive ketones (excluding diaryl/α,β-unsaturated/α-hetero) is 1. The Morgan fingerprint density at radius 3 is 3.06 bits per heavy atom. The van der Waals surface area contributed by atoms with E-state index in [1.165, 1.54) is 28.6 Å². The number of nitrogens with zero attached hydrogens (tertiary/aromatic N) is 3. The Morgan fingerprint density at radius 2 is 2.31 bits per heavy atom. The molecular formula is C10H11N3O3. The molecule has 0 amide bonds. The fourth-order valence-corrected chi connectivity index (χ4v) is 1.48. The van der Waals surface area contributed by atoms with Gasteiger partial charge in [0.15, 0.2) is 5.78 Å². The molecule has 2 heterocycles. The van der Waals surface area contributed by atoms with Gasteiger partial charge in [-0.25, -0.2) is 4.52 Å². The predicted molar refractivity (Wildman–Crippen MR) is 56.3 cm³/mol. The van der Waals surface area contributed by atoms with Crippen LogP contribution in [0.15, 0.2) is 29.5 Å². The van der Waals surface area contributed by atoms with E-state index in [9.17, 15) is 9.59 Å². The Balaban J connectivity index is 2.34. The average molecular weight is 221 g/mol. The van der Waals surface area contributed by atoms with Gasteiger partial charge in [0.25, 0.3) is 5.56 Å². The van der Waals surface area contributed by atoms with Crippen molar-refractivity contribution in [2.75, 3.05) is 13.7 Å². The molecule has 0 aliphatic rings. The minimum Gasteiger partial charge on any atom is -0.377 e. The van der Waals surface area contributed by atoms with Crippen LogP contribution in [0.3, 0.4) is 0 Å². The first kappa shape index (κ1) is 10.6. The van der Waals surface area contributed by atoms with Gasteiger partial charge in [0.2, 0.25) is 0 Å². The molecule has 0 saturated carbocycles. The fourth-order valence-electron chi connectivity index (χ4n) is 1.48. The summed E-state index contributed by atoms with van der Waals surface area (Å²) in [6.45, 7) is 0.0330. The molecule has 6 nitrogen and oxygen atoms in total. The van der Waals surface area contributed by atoms with Crippen LogP contribution in [0.4, 0.5) is 0 Å². The van der Waals surface area contributed by atoms with Crippen molar-refractivity contribution in [1.82, 2.24) is 14.2 Å². The van der Waals surface area contributed by atoms with Gasteiger partial charge in [0.05, 0.1) is 12.7 Å². The van der Waals surface area contributed by atoms with Crippen molar-refractivity contribution in [2.45, 2.75) is 6.54 Å². The number of rotatable bonds is 4. The molecular weight excluding hydrogens is 210 g/mol. The summed E-state index contributed by atoms with van der Waals surface area (Å²) in [6, 6.07) is 1.61. The summed E-state index contributed by atoms with van der Waals surface area (Å²) in [7, 11) is 1.45. The quantitative estimate of drug-likeness (QED) is 0.711. The first-order valence-electron chi connectivity index (χ1n) is 4.76. The zero-order valence-electron chi connectivity index (χ0n) is 8.79. The number of hydrogen-bond acceptors (Lipinski definition) is 4. The van der Waals surface area contributed by atoms with Crippen LogP contribution in [0, 0.1) is 0 Å². The van der Waals surface area contributed by atoms with Crippen LogP contribution in [-0.2, 0) is 16.1 Å². The second kappa shape index (κ2) is 4.28. The molecule has 0 fully saturated rings. The van der Waals surface area contributed by atoms with Crippen molar-refractivity contribution < 1.29 is 9.53 Å². The van der Waals surface area contributed by atoms with Crippen molar-refractivity contribution in [3.63, 3.8) is 0 Å². The second-order valence-electron chi connectivity index (χ2n) is 3.36. The van der Waals surface area contributed by atoms with Crippen molar-refractivity contribution in [1.29, 1.82) is 0 Å². The number of methoxy groups -OCH3 is 1. The minimum atomic E-state index is -0.232. The van der Waals surface area contributed by atoms with Crippen molar-refractivity contribution >= 4 is 11.3 Å². The lowest BCUT2D eigenvalue weighted by Crippen LogP contribution is -2.26. The lowest BCUT2D eigenvalue weighted by Gasteiger charge is -2.04. The van der Waals surface area contributed by atoms with E-state index in [1.54, 1.807) is 12.3 Å². The standard InChI is InChI=1S/C10H11N3O3/c1-16-7-8(14)6-12-4-5-13-9(10(12)15)2-3-11-13/h2-5H,6-7H2,1H3. The Hall–Kier alpha value is -1.95. The van der Waals surface area contributed by atoms with E-state index in [-0.39, 0.29) is 24.5 Å². The normalized spacial score (nSPS) is 10.8. The highest BCUT2D eigenvalue weighted by atomic mass is 16.5. The molecule has 0 aliphatic heterocycles. The first-order chi connectivity index (χ1) is 7.72. The fraction of sp³-hybridized carbons (Fsp3) is 0.300. The number of carbonyl (C=O) groups is 1. The predicted octanol–water partition coefficient (Wildman–Crippen LogP) is -0.288. The SMILES string of the molecule is COCC(=O)Cn1ccn2nccc2c1=O. The van der Waals surface area contributed by atoms with Crippen molar-refractivity contribution in [3.8, 4) is 0 Å². The van der Waals surface area contributed by atoms with E-state index in [1.807, 2.05) is 0 Å². The van der Waals surface area contributed by atoms with Crippen LogP contribution in [-0.4, -0.2) is 33.7 Å². The molecule has 16 heavy (non-hydrogen) atoms. The number of fused-ring (bicyclic) bond motifs is 1. The maximum absolute atomic E-state index is 11.8. The molecule has 0 atom stereocenters. The van der Waals surface area contributed by atoms with Gasteiger partial charge in [-0.15, -0.1) is 0 Å². The number of ether oxygens (including phenoxy) is 1. The zero-order valence-corrected chi connectivity index (χ0v) is 8.79. The molecule has 0 N–H and O–H groups in total. The topological polar surface area (TPSA) is 65.6 Å². The highest BCUT2D eigenvalue weighted by molar-refractivity contribution is 5.79. The van der Waals surface area contributed by atoms with Crippen LogP contribution < -0.4 is 5.56 Å². The molecule has 6 heteroatoms. The smallest absolute Gasteiger partial charge is 0.276 e. The van der Waals surface area contributed by atoms with Gasteiger partial charge in [-0.05, 0) is 6.07 Å². The van der Waals surface area contributed by atoms with Gasteiger partial charge in [-0.2, -0.15) is 5.10 Å². The van der Waals surface area contributed by atoms with Gasteiger partial charge in [0.1, 0.15) is 12.1 Å². The average Bonchev–Trinajstić information content (AvgIpc) is 2.71. The summed E-state index contributed by atoms with van der Waals surface area (Å²) in [5.74, 6) is -0.145. The monoisotopic (exact) mass is 221 g/mol. The number of aromatic nitrogens is 3. The molecule has 0 aromatic carbocycles. The number of hydrogen-bond donors (Lipinski definition) is 0. The minimum absolute atomic E-state index is 0.0108. The Kier molecular flexibility index (Phi) is 2.82. The largest absolute Gasteiger partial charge is 0.377 e. The van der Waals surface area contributed by atoms with Crippen LogP contribution in [0.1, 0.15) is 0 Å². The molecule has 2 aromatic rings. The zero-order chi connectivity index (χ0) is 11.5. The van der Waals surface area contributed by atoms with E-state index in [4.69, 9.17) is 4.74 Å². The van der Waals surface area contributed by atoms with E-state index in [0.717, 1.165) is 0 Å². The van der Waals surface area contributed by atoms with E-state index < -0.39 is 0 Å². The van der Waals surface area contributed by atoms with Gasteiger partial charge in [-0.3, -0.25) is 9.59 Å². The van der Waals surface area contributed by atoms with Gasteiger partial charge >= 0.3 is 0 Å². The van der Waals surface area contributed by atoms with Gasteiger partial charge in [0, 0.05) is 19.5 Å². The number of ketones is 1. The highest BCUT2D eigenvalue weighted by Crippen LogP contribution is 1.94. The molecule has 0 radical (unpaired) electrons. The Labute approximate surface area is 91.1 Å². The van der Waals surface area contributed by atoms with Crippen LogP contribution >= 0.6 is 0 Å². The third-order valence-electron chi connectivity index (χ3n) is 2.19. The first-order valence-corrected chi connectivity index (χ1v) is 4.76. The van der Waals surface area contributed by atoms with E-state index >= 15 is 0 Å². The molecule has 0 bridgehead atoms. The highest BCUT2D eigenvalue weighted by Gasteiger charge is 2.07. The van der Waals surface area contributed by atoms with Crippen molar-refractivity contribution in [2.24, 2.45) is 0 Å². The molecule has 0 unspecified atom stereocenters. The van der Waals surface area contributed by atoms with Crippen molar-refractivity contribution in [3.05, 3.63) is 35.0 Å². The third-order valence-corrected chi connectivity index (χ3v) is 2.19. The van der Waals surface area contributed by atoms with Crippen LogP contribution in [0.2, 0.25) is 0 Å².